The van der Waals surface area contributed by atoms with Crippen LogP contribution in [-0.2, 0) is 11.3 Å². The highest BCUT2D eigenvalue weighted by Gasteiger charge is 2.33. The third kappa shape index (κ3) is 4.99. The lowest BCUT2D eigenvalue weighted by Crippen LogP contribution is -2.33. The van der Waals surface area contributed by atoms with Gasteiger partial charge in [-0.15, -0.1) is 0 Å². The minimum absolute atomic E-state index is 0.105. The number of rotatable bonds is 8. The zero-order valence-electron chi connectivity index (χ0n) is 22.6. The van der Waals surface area contributed by atoms with Crippen LogP contribution < -0.4 is 15.2 Å². The van der Waals surface area contributed by atoms with Crippen molar-refractivity contribution >= 4 is 17.4 Å². The average molecular weight is 517 g/mol. The lowest BCUT2D eigenvalue weighted by molar-refractivity contribution is -0.117. The number of anilines is 1. The quantitative estimate of drug-likeness (QED) is 0.334. The van der Waals surface area contributed by atoms with E-state index in [9.17, 15) is 9.59 Å². The largest absolute Gasteiger partial charge is 0.474 e. The number of nitrogens with zero attached hydrogens (tertiary/aromatic N) is 4. The molecule has 3 heterocycles. The Labute approximate surface area is 224 Å². The fraction of sp³-hybridized carbons (Fsp3) is 0.581. The van der Waals surface area contributed by atoms with Crippen LogP contribution in [0.1, 0.15) is 84.0 Å². The first-order valence-electron chi connectivity index (χ1n) is 14.8. The lowest BCUT2D eigenvalue weighted by Gasteiger charge is -2.39. The second-order valence-corrected chi connectivity index (χ2v) is 11.5. The molecule has 1 saturated heterocycles. The Morgan fingerprint density at radius 3 is 2.55 bits per heavy atom. The van der Waals surface area contributed by atoms with Crippen LogP contribution in [0.5, 0.6) is 5.88 Å². The van der Waals surface area contributed by atoms with E-state index in [0.717, 1.165) is 80.4 Å². The standard InChI is InChI=1S/C31H40N4O3/c1-2-3-6-17-34-27(23-11-14-25(15-12-23)33-18-7-10-29(33)36)21-35-30(37)20-28(32-31(34)35)38-26-16-13-22-8-4-5-9-24(22)19-26/h11-12,14-15,20-22,24,26H,2-10,13,16-19H2,1H3/t22-,24-,26?/m0/s1. The van der Waals surface area contributed by atoms with Crippen molar-refractivity contribution in [3.8, 4) is 17.1 Å². The third-order valence-electron chi connectivity index (χ3n) is 9.01. The first-order valence-corrected chi connectivity index (χ1v) is 14.8. The molecule has 0 spiro atoms. The number of fused-ring (bicyclic) bond motifs is 2. The van der Waals surface area contributed by atoms with E-state index in [0.29, 0.717) is 18.1 Å². The Bertz CT molecular complexity index is 1340. The van der Waals surface area contributed by atoms with E-state index in [2.05, 4.69) is 23.6 Å². The number of amides is 1. The Hall–Kier alpha value is -3.09. The SMILES string of the molecule is CCCCCn1c(-c2ccc(N3CCCC3=O)cc2)cn2c(=O)cc(OC3CC[C@@H]4CCCC[C@H]4C3)nc12. The van der Waals surface area contributed by atoms with Crippen LogP contribution in [0.15, 0.2) is 41.3 Å². The molecule has 38 heavy (non-hydrogen) atoms. The first kappa shape index (κ1) is 25.2. The van der Waals surface area contributed by atoms with E-state index < -0.39 is 0 Å². The van der Waals surface area contributed by atoms with Gasteiger partial charge in [-0.1, -0.05) is 57.6 Å². The van der Waals surface area contributed by atoms with Crippen molar-refractivity contribution in [1.82, 2.24) is 14.0 Å². The van der Waals surface area contributed by atoms with Gasteiger partial charge in [-0.2, -0.15) is 4.98 Å². The number of aromatic nitrogens is 3. The summed E-state index contributed by atoms with van der Waals surface area (Å²) in [7, 11) is 0. The lowest BCUT2D eigenvalue weighted by atomic mass is 9.70. The van der Waals surface area contributed by atoms with Crippen LogP contribution in [0, 0.1) is 11.8 Å². The Morgan fingerprint density at radius 1 is 0.974 bits per heavy atom. The van der Waals surface area contributed by atoms with E-state index in [-0.39, 0.29) is 17.6 Å². The van der Waals surface area contributed by atoms with E-state index in [1.807, 2.05) is 23.2 Å². The van der Waals surface area contributed by atoms with E-state index in [4.69, 9.17) is 9.72 Å². The zero-order chi connectivity index (χ0) is 26.1. The number of carbonyl (C=O) groups is 1. The molecule has 0 N–H and O–H groups in total. The van der Waals surface area contributed by atoms with Crippen molar-refractivity contribution in [2.24, 2.45) is 11.8 Å². The summed E-state index contributed by atoms with van der Waals surface area (Å²) in [6.07, 6.45) is 15.6. The molecule has 2 saturated carbocycles. The third-order valence-corrected chi connectivity index (χ3v) is 9.01. The van der Waals surface area contributed by atoms with Crippen LogP contribution in [0.25, 0.3) is 17.0 Å². The van der Waals surface area contributed by atoms with E-state index in [1.165, 1.54) is 32.1 Å². The van der Waals surface area contributed by atoms with Crippen LogP contribution in [0.4, 0.5) is 5.69 Å². The maximum Gasteiger partial charge on any atom is 0.262 e. The molecule has 1 amide bonds. The van der Waals surface area contributed by atoms with Gasteiger partial charge in [0.15, 0.2) is 0 Å². The highest BCUT2D eigenvalue weighted by Crippen LogP contribution is 2.41. The molecule has 6 rings (SSSR count). The second-order valence-electron chi connectivity index (χ2n) is 11.5. The van der Waals surface area contributed by atoms with Gasteiger partial charge in [-0.25, -0.2) is 0 Å². The molecule has 7 heteroatoms. The summed E-state index contributed by atoms with van der Waals surface area (Å²) < 4.78 is 10.2. The Kier molecular flexibility index (Phi) is 7.26. The Balaban J connectivity index is 1.30. The number of carbonyl (C=O) groups excluding carboxylic acids is 1. The molecular weight excluding hydrogens is 476 g/mol. The predicted octanol–water partition coefficient (Wildman–Crippen LogP) is 6.22. The highest BCUT2D eigenvalue weighted by molar-refractivity contribution is 5.95. The highest BCUT2D eigenvalue weighted by atomic mass is 16.5. The predicted molar refractivity (Wildman–Crippen MR) is 150 cm³/mol. The maximum atomic E-state index is 13.2. The average Bonchev–Trinajstić information content (AvgIpc) is 3.53. The molecule has 3 atom stereocenters. The number of benzene rings is 1. The fourth-order valence-electron chi connectivity index (χ4n) is 6.94. The van der Waals surface area contributed by atoms with Crippen molar-refractivity contribution in [3.63, 3.8) is 0 Å². The summed E-state index contributed by atoms with van der Waals surface area (Å²) in [6.45, 7) is 3.76. The van der Waals surface area contributed by atoms with Crippen molar-refractivity contribution in [2.75, 3.05) is 11.4 Å². The monoisotopic (exact) mass is 516 g/mol. The summed E-state index contributed by atoms with van der Waals surface area (Å²) in [5, 5.41) is 0. The number of ether oxygens (including phenoxy) is 1. The first-order chi connectivity index (χ1) is 18.6. The van der Waals surface area contributed by atoms with Crippen molar-refractivity contribution < 1.29 is 9.53 Å². The number of hydrogen-bond donors (Lipinski definition) is 0. The summed E-state index contributed by atoms with van der Waals surface area (Å²) in [4.78, 5) is 32.2. The second kappa shape index (κ2) is 11.0. The van der Waals surface area contributed by atoms with Crippen LogP contribution in [-0.4, -0.2) is 32.5 Å². The smallest absolute Gasteiger partial charge is 0.262 e. The van der Waals surface area contributed by atoms with Gasteiger partial charge >= 0.3 is 0 Å². The maximum absolute atomic E-state index is 13.2. The summed E-state index contributed by atoms with van der Waals surface area (Å²) >= 11 is 0. The number of unbranched alkanes of at least 4 members (excludes halogenated alkanes) is 2. The van der Waals surface area contributed by atoms with Gasteiger partial charge in [0.05, 0.1) is 11.8 Å². The fourth-order valence-corrected chi connectivity index (χ4v) is 6.94. The molecule has 2 aromatic heterocycles. The molecule has 3 fully saturated rings. The zero-order valence-corrected chi connectivity index (χ0v) is 22.6. The van der Waals surface area contributed by atoms with E-state index in [1.54, 1.807) is 10.5 Å². The molecular formula is C31H40N4O3. The molecule has 0 radical (unpaired) electrons. The van der Waals surface area contributed by atoms with Crippen LogP contribution in [0.2, 0.25) is 0 Å². The van der Waals surface area contributed by atoms with Crippen LogP contribution in [0.3, 0.4) is 0 Å². The Morgan fingerprint density at radius 2 is 1.79 bits per heavy atom. The molecule has 3 aromatic rings. The molecule has 1 aromatic carbocycles. The number of aryl methyl sites for hydroxylation is 1. The van der Waals surface area contributed by atoms with E-state index >= 15 is 0 Å². The molecule has 1 unspecified atom stereocenters. The number of imidazole rings is 1. The normalized spacial score (nSPS) is 23.7. The molecule has 3 aliphatic rings. The molecule has 0 bridgehead atoms. The van der Waals surface area contributed by atoms with Crippen molar-refractivity contribution in [2.45, 2.75) is 96.6 Å². The van der Waals surface area contributed by atoms with Gasteiger partial charge in [0, 0.05) is 31.4 Å². The summed E-state index contributed by atoms with van der Waals surface area (Å²) in [5.41, 5.74) is 2.81. The number of hydrogen-bond acceptors (Lipinski definition) is 4. The molecule has 2 aliphatic carbocycles. The minimum atomic E-state index is -0.105. The van der Waals surface area contributed by atoms with Crippen molar-refractivity contribution in [1.29, 1.82) is 0 Å². The molecule has 202 valence electrons. The van der Waals surface area contributed by atoms with Crippen LogP contribution >= 0.6 is 0 Å². The summed E-state index contributed by atoms with van der Waals surface area (Å²) in [5.74, 6) is 2.91. The summed E-state index contributed by atoms with van der Waals surface area (Å²) in [6, 6.07) is 9.69. The molecule has 7 nitrogen and oxygen atoms in total. The van der Waals surface area contributed by atoms with Crippen molar-refractivity contribution in [3.05, 3.63) is 46.9 Å². The van der Waals surface area contributed by atoms with Gasteiger partial charge in [0.1, 0.15) is 6.10 Å². The molecule has 1 aliphatic heterocycles. The van der Waals surface area contributed by atoms with Gasteiger partial charge in [-0.05, 0) is 61.6 Å². The van der Waals surface area contributed by atoms with Gasteiger partial charge in [-0.3, -0.25) is 14.0 Å². The topological polar surface area (TPSA) is 68.8 Å². The minimum Gasteiger partial charge on any atom is -0.474 e. The van der Waals surface area contributed by atoms with Gasteiger partial charge < -0.3 is 14.2 Å². The van der Waals surface area contributed by atoms with Gasteiger partial charge in [0.2, 0.25) is 17.6 Å². The van der Waals surface area contributed by atoms with Gasteiger partial charge in [0.25, 0.3) is 5.56 Å².